The number of rotatable bonds is 5. The van der Waals surface area contributed by atoms with Crippen molar-refractivity contribution in [1.29, 1.82) is 0 Å². The third-order valence-electron chi connectivity index (χ3n) is 5.52. The van der Waals surface area contributed by atoms with Gasteiger partial charge in [0.15, 0.2) is 0 Å². The summed E-state index contributed by atoms with van der Waals surface area (Å²) < 4.78 is 21.2. The highest BCUT2D eigenvalue weighted by Crippen LogP contribution is 2.39. The van der Waals surface area contributed by atoms with Gasteiger partial charge < -0.3 is 25.3 Å². The summed E-state index contributed by atoms with van der Waals surface area (Å²) in [6.07, 6.45) is 1.66. The van der Waals surface area contributed by atoms with E-state index in [2.05, 4.69) is 10.3 Å². The number of benzene rings is 1. The molecule has 162 valence electrons. The maximum absolute atomic E-state index is 14.0. The first-order valence-corrected chi connectivity index (χ1v) is 9.99. The van der Waals surface area contributed by atoms with Gasteiger partial charge in [0, 0.05) is 24.7 Å². The van der Waals surface area contributed by atoms with Gasteiger partial charge in [-0.25, -0.2) is 14.4 Å². The highest BCUT2D eigenvalue weighted by molar-refractivity contribution is 5.80. The van der Waals surface area contributed by atoms with Crippen molar-refractivity contribution in [3.05, 3.63) is 54.2 Å². The fourth-order valence-electron chi connectivity index (χ4n) is 3.96. The number of pyridine rings is 1. The Bertz CT molecular complexity index is 1110. The Morgan fingerprint density at radius 1 is 1.29 bits per heavy atom. The van der Waals surface area contributed by atoms with Gasteiger partial charge in [-0.05, 0) is 32.0 Å². The summed E-state index contributed by atoms with van der Waals surface area (Å²) in [7, 11) is 1.56. The van der Waals surface area contributed by atoms with Crippen LogP contribution in [0.5, 0.6) is 5.88 Å². The minimum Gasteiger partial charge on any atom is -0.481 e. The molecule has 1 amide bonds. The Morgan fingerprint density at radius 2 is 2.10 bits per heavy atom. The topological polar surface area (TPSA) is 98.3 Å². The lowest BCUT2D eigenvalue weighted by Crippen LogP contribution is -2.53. The molecule has 3 heterocycles. The van der Waals surface area contributed by atoms with Gasteiger partial charge in [0.2, 0.25) is 11.8 Å². The summed E-state index contributed by atoms with van der Waals surface area (Å²) in [5.74, 6) is 1.42. The number of halogens is 1. The fraction of sp³-hybridized carbons (Fsp3) is 0.318. The molecule has 3 N–H and O–H groups in total. The molecule has 0 spiro atoms. The molecule has 0 atom stereocenters. The minimum absolute atomic E-state index is 0.0660. The molecular weight excluding hydrogens is 399 g/mol. The Balaban J connectivity index is 1.84. The number of carbonyl (C=O) groups excluding carboxylic acids is 1. The predicted molar refractivity (Wildman–Crippen MR) is 115 cm³/mol. The Hall–Kier alpha value is -3.46. The molecule has 8 nitrogen and oxygen atoms in total. The highest BCUT2D eigenvalue weighted by Gasteiger charge is 2.41. The number of imidazole rings is 1. The Morgan fingerprint density at radius 3 is 2.74 bits per heavy atom. The molecule has 0 fully saturated rings. The molecular formula is C22H25FN6O2. The normalized spacial score (nSPS) is 14.8. The van der Waals surface area contributed by atoms with Gasteiger partial charge in [-0.3, -0.25) is 4.79 Å². The van der Waals surface area contributed by atoms with E-state index in [1.54, 1.807) is 30.3 Å². The third kappa shape index (κ3) is 3.72. The van der Waals surface area contributed by atoms with Gasteiger partial charge in [-0.1, -0.05) is 12.1 Å². The maximum Gasteiger partial charge on any atom is 0.237 e. The highest BCUT2D eigenvalue weighted by atomic mass is 19.1. The average molecular weight is 424 g/mol. The van der Waals surface area contributed by atoms with Crippen LogP contribution in [0.1, 0.15) is 19.7 Å². The quantitative estimate of drug-likeness (QED) is 0.654. The van der Waals surface area contributed by atoms with E-state index in [0.29, 0.717) is 41.9 Å². The number of carbonyl (C=O) groups is 1. The van der Waals surface area contributed by atoms with E-state index in [4.69, 9.17) is 15.5 Å². The van der Waals surface area contributed by atoms with E-state index in [-0.39, 0.29) is 18.3 Å². The van der Waals surface area contributed by atoms with Crippen LogP contribution < -0.4 is 15.8 Å². The molecule has 1 aromatic carbocycles. The van der Waals surface area contributed by atoms with Gasteiger partial charge in [-0.2, -0.15) is 0 Å². The van der Waals surface area contributed by atoms with Crippen molar-refractivity contribution in [1.82, 2.24) is 19.4 Å². The molecule has 1 aliphatic rings. The van der Waals surface area contributed by atoms with Gasteiger partial charge in [0.1, 0.15) is 23.2 Å². The van der Waals surface area contributed by atoms with Gasteiger partial charge in [0.05, 0.1) is 31.1 Å². The molecule has 1 aliphatic heterocycles. The number of nitrogens with two attached hydrogens (primary N) is 1. The molecule has 2 aromatic heterocycles. The number of ether oxygens (including phenoxy) is 1. The molecule has 0 saturated heterocycles. The van der Waals surface area contributed by atoms with Gasteiger partial charge in [-0.15, -0.1) is 0 Å². The fourth-order valence-corrected chi connectivity index (χ4v) is 3.96. The SMILES string of the molecule is COc1ccc(Nc2c(-c3cccc(F)c3)nc3n2CCN(C(=O)CN)C3(C)C)cn1. The molecule has 0 unspecified atom stereocenters. The van der Waals surface area contributed by atoms with Crippen molar-refractivity contribution in [3.8, 4) is 17.1 Å². The monoisotopic (exact) mass is 424 g/mol. The van der Waals surface area contributed by atoms with Crippen molar-refractivity contribution >= 4 is 17.4 Å². The average Bonchev–Trinajstić information content (AvgIpc) is 3.13. The number of methoxy groups -OCH3 is 1. The smallest absolute Gasteiger partial charge is 0.237 e. The van der Waals surface area contributed by atoms with Crippen LogP contribution in [0, 0.1) is 5.82 Å². The number of hydrogen-bond donors (Lipinski definition) is 2. The second-order valence-electron chi connectivity index (χ2n) is 7.82. The second-order valence-corrected chi connectivity index (χ2v) is 7.82. The van der Waals surface area contributed by atoms with Crippen molar-refractivity contribution in [3.63, 3.8) is 0 Å². The van der Waals surface area contributed by atoms with E-state index >= 15 is 0 Å². The number of anilines is 2. The first-order chi connectivity index (χ1) is 14.8. The van der Waals surface area contributed by atoms with Crippen LogP contribution >= 0.6 is 0 Å². The summed E-state index contributed by atoms with van der Waals surface area (Å²) in [4.78, 5) is 23.3. The molecule has 0 saturated carbocycles. The number of fused-ring (bicyclic) bond motifs is 1. The van der Waals surface area contributed by atoms with E-state index in [1.165, 1.54) is 12.1 Å². The molecule has 9 heteroatoms. The third-order valence-corrected chi connectivity index (χ3v) is 5.52. The zero-order valence-electron chi connectivity index (χ0n) is 17.7. The lowest BCUT2D eigenvalue weighted by molar-refractivity contribution is -0.137. The van der Waals surface area contributed by atoms with Crippen LogP contribution in [0.15, 0.2) is 42.6 Å². The van der Waals surface area contributed by atoms with Crippen molar-refractivity contribution in [2.75, 3.05) is 25.5 Å². The second kappa shape index (κ2) is 7.99. The zero-order valence-corrected chi connectivity index (χ0v) is 17.7. The largest absolute Gasteiger partial charge is 0.481 e. The van der Waals surface area contributed by atoms with Crippen LogP contribution in [0.3, 0.4) is 0 Å². The minimum atomic E-state index is -0.686. The van der Waals surface area contributed by atoms with E-state index in [0.717, 1.165) is 5.69 Å². The maximum atomic E-state index is 14.0. The predicted octanol–water partition coefficient (Wildman–Crippen LogP) is 2.87. The van der Waals surface area contributed by atoms with Crippen molar-refractivity contribution in [2.24, 2.45) is 5.73 Å². The number of aromatic nitrogens is 3. The standard InChI is InChI=1S/C22H25FN6O2/c1-22(2)21-27-19(14-5-4-6-15(23)11-14)20(26-16-7-8-17(31-3)25-13-16)28(21)9-10-29(22)18(30)12-24/h4-8,11,13,26H,9-10,12,24H2,1-3H3. The van der Waals surface area contributed by atoms with Crippen LogP contribution in [0.25, 0.3) is 11.3 Å². The summed E-state index contributed by atoms with van der Waals surface area (Å²) >= 11 is 0. The first kappa shape index (κ1) is 20.8. The number of nitrogens with zero attached hydrogens (tertiary/aromatic N) is 4. The van der Waals surface area contributed by atoms with Crippen LogP contribution in [0.2, 0.25) is 0 Å². The van der Waals surface area contributed by atoms with Crippen LogP contribution in [-0.4, -0.2) is 45.5 Å². The molecule has 4 rings (SSSR count). The van der Waals surface area contributed by atoms with Crippen molar-refractivity contribution < 1.29 is 13.9 Å². The molecule has 31 heavy (non-hydrogen) atoms. The summed E-state index contributed by atoms with van der Waals surface area (Å²) in [5.41, 5.74) is 6.91. The number of amides is 1. The number of nitrogens with one attached hydrogen (secondary N) is 1. The van der Waals surface area contributed by atoms with Crippen LogP contribution in [0.4, 0.5) is 15.9 Å². The summed E-state index contributed by atoms with van der Waals surface area (Å²) in [5, 5.41) is 3.38. The van der Waals surface area contributed by atoms with Gasteiger partial charge in [0.25, 0.3) is 0 Å². The van der Waals surface area contributed by atoms with Crippen molar-refractivity contribution in [2.45, 2.75) is 25.9 Å². The van der Waals surface area contributed by atoms with Crippen LogP contribution in [-0.2, 0) is 16.9 Å². The lowest BCUT2D eigenvalue weighted by atomic mass is 9.99. The Labute approximate surface area is 179 Å². The summed E-state index contributed by atoms with van der Waals surface area (Å²) in [6.45, 7) is 4.83. The summed E-state index contributed by atoms with van der Waals surface area (Å²) in [6, 6.07) is 9.90. The molecule has 0 aliphatic carbocycles. The first-order valence-electron chi connectivity index (χ1n) is 9.99. The molecule has 0 radical (unpaired) electrons. The van der Waals surface area contributed by atoms with E-state index < -0.39 is 5.54 Å². The van der Waals surface area contributed by atoms with Gasteiger partial charge >= 0.3 is 0 Å². The number of hydrogen-bond acceptors (Lipinski definition) is 6. The zero-order chi connectivity index (χ0) is 22.2. The Kier molecular flexibility index (Phi) is 5.36. The molecule has 3 aromatic rings. The van der Waals surface area contributed by atoms with E-state index in [9.17, 15) is 9.18 Å². The van der Waals surface area contributed by atoms with E-state index in [1.807, 2.05) is 30.5 Å². The lowest BCUT2D eigenvalue weighted by Gasteiger charge is -2.42. The molecule has 0 bridgehead atoms.